The number of hydrogen-bond donors (Lipinski definition) is 1. The average Bonchev–Trinajstić information content (AvgIpc) is 2.80. The van der Waals surface area contributed by atoms with Gasteiger partial charge in [-0.05, 0) is 50.5 Å². The van der Waals surface area contributed by atoms with Crippen LogP contribution in [0.2, 0.25) is 0 Å². The van der Waals surface area contributed by atoms with E-state index in [9.17, 15) is 19.3 Å². The van der Waals surface area contributed by atoms with Crippen LogP contribution in [0.4, 0.5) is 10.1 Å². The van der Waals surface area contributed by atoms with E-state index in [1.165, 1.54) is 6.07 Å². The monoisotopic (exact) mass is 474 g/mol. The summed E-state index contributed by atoms with van der Waals surface area (Å²) in [7, 11) is 0. The number of rotatable bonds is 10. The van der Waals surface area contributed by atoms with Gasteiger partial charge in [0.05, 0.1) is 23.7 Å². The molecule has 1 aromatic carbocycles. The maximum Gasteiger partial charge on any atom is 0.313 e. The van der Waals surface area contributed by atoms with Crippen molar-refractivity contribution in [3.8, 4) is 5.75 Å². The van der Waals surface area contributed by atoms with Gasteiger partial charge in [-0.3, -0.25) is 19.9 Å². The molecule has 0 spiro atoms. The van der Waals surface area contributed by atoms with E-state index >= 15 is 0 Å². The quantitative estimate of drug-likeness (QED) is 0.295. The van der Waals surface area contributed by atoms with Crippen LogP contribution in [0.5, 0.6) is 5.75 Å². The second-order valence-corrected chi connectivity index (χ2v) is 8.48. The molecule has 3 atom stereocenters. The Morgan fingerprint density at radius 3 is 2.85 bits per heavy atom. The Bertz CT molecular complexity index is 1030. The second kappa shape index (κ2) is 11.2. The molecular weight excluding hydrogens is 447 g/mol. The third-order valence-corrected chi connectivity index (χ3v) is 5.36. The Balaban J connectivity index is 1.76. The zero-order valence-electron chi connectivity index (χ0n) is 18.9. The molecule has 3 rings (SSSR count). The fraction of sp³-hybridized carbons (Fsp3) is 0.417. The van der Waals surface area contributed by atoms with Crippen LogP contribution in [-0.2, 0) is 14.3 Å². The van der Waals surface area contributed by atoms with Crippen LogP contribution in [0.25, 0.3) is 0 Å². The Hall–Kier alpha value is -3.37. The summed E-state index contributed by atoms with van der Waals surface area (Å²) in [5.74, 6) is -1.76. The van der Waals surface area contributed by atoms with E-state index in [2.05, 4.69) is 4.98 Å². The molecule has 182 valence electrons. The van der Waals surface area contributed by atoms with E-state index in [4.69, 9.17) is 19.3 Å². The summed E-state index contributed by atoms with van der Waals surface area (Å²) in [6, 6.07) is 6.79. The van der Waals surface area contributed by atoms with E-state index < -0.39 is 40.4 Å². The van der Waals surface area contributed by atoms with Crippen molar-refractivity contribution >= 4 is 11.7 Å². The van der Waals surface area contributed by atoms with Crippen molar-refractivity contribution in [3.05, 3.63) is 76.4 Å². The minimum absolute atomic E-state index is 0.0589. The van der Waals surface area contributed by atoms with Crippen molar-refractivity contribution in [2.75, 3.05) is 6.61 Å². The number of ether oxygens (including phenoxy) is 3. The summed E-state index contributed by atoms with van der Waals surface area (Å²) in [5, 5.41) is 20.1. The molecule has 2 heterocycles. The molecular formula is C24H27FN2O7. The molecule has 2 aromatic rings. The lowest BCUT2D eigenvalue weighted by atomic mass is 9.92. The van der Waals surface area contributed by atoms with Crippen LogP contribution >= 0.6 is 0 Å². The highest BCUT2D eigenvalue weighted by Gasteiger charge is 2.43. The summed E-state index contributed by atoms with van der Waals surface area (Å²) in [6.45, 7) is 3.67. The molecule has 9 nitrogen and oxygen atoms in total. The molecule has 1 aliphatic rings. The lowest BCUT2D eigenvalue weighted by Crippen LogP contribution is -2.50. The van der Waals surface area contributed by atoms with Gasteiger partial charge >= 0.3 is 11.7 Å². The Kier molecular flexibility index (Phi) is 8.30. The molecule has 1 N–H and O–H groups in total. The summed E-state index contributed by atoms with van der Waals surface area (Å²) in [6.07, 6.45) is 6.89. The van der Waals surface area contributed by atoms with Crippen molar-refractivity contribution in [1.29, 1.82) is 0 Å². The molecule has 0 saturated carbocycles. The molecule has 1 aromatic heterocycles. The normalized spacial score (nSPS) is 20.9. The van der Waals surface area contributed by atoms with Gasteiger partial charge in [0.2, 0.25) is 0 Å². The van der Waals surface area contributed by atoms with Gasteiger partial charge < -0.3 is 19.3 Å². The van der Waals surface area contributed by atoms with Crippen molar-refractivity contribution in [2.24, 2.45) is 5.92 Å². The van der Waals surface area contributed by atoms with Gasteiger partial charge in [-0.2, -0.15) is 0 Å². The first kappa shape index (κ1) is 25.3. The van der Waals surface area contributed by atoms with Gasteiger partial charge in [0.15, 0.2) is 17.6 Å². The maximum atomic E-state index is 13.5. The van der Waals surface area contributed by atoms with Crippen LogP contribution < -0.4 is 4.74 Å². The Labute approximate surface area is 196 Å². The highest BCUT2D eigenvalue weighted by atomic mass is 19.1. The standard InChI is InChI=1S/C24H27FN2O7/c1-24(2,34-20-11-10-18(25)13-19(20)27(30)31)23-32-15-17(7-4-3-5-9-21(28)29)22(33-23)16-8-6-12-26-14-16/h3-4,6,8,10-14,17,22-23H,5,7,9,15H2,1-2H3,(H,28,29)/b4-3-. The fourth-order valence-corrected chi connectivity index (χ4v) is 3.68. The van der Waals surface area contributed by atoms with Crippen molar-refractivity contribution in [2.45, 2.75) is 51.1 Å². The number of benzene rings is 1. The summed E-state index contributed by atoms with van der Waals surface area (Å²) >= 11 is 0. The highest BCUT2D eigenvalue weighted by Crippen LogP contribution is 2.39. The molecule has 0 amide bonds. The minimum atomic E-state index is -1.15. The smallest absolute Gasteiger partial charge is 0.313 e. The number of carbonyl (C=O) groups is 1. The molecule has 0 aliphatic carbocycles. The van der Waals surface area contributed by atoms with Crippen LogP contribution in [0.1, 0.15) is 44.8 Å². The van der Waals surface area contributed by atoms with Crippen molar-refractivity contribution in [1.82, 2.24) is 4.98 Å². The Morgan fingerprint density at radius 1 is 1.38 bits per heavy atom. The van der Waals surface area contributed by atoms with E-state index in [1.807, 2.05) is 18.2 Å². The zero-order valence-corrected chi connectivity index (χ0v) is 18.9. The van der Waals surface area contributed by atoms with Crippen LogP contribution in [-0.4, -0.2) is 39.5 Å². The van der Waals surface area contributed by atoms with Gasteiger partial charge in [0.1, 0.15) is 5.82 Å². The van der Waals surface area contributed by atoms with E-state index in [-0.39, 0.29) is 18.1 Å². The number of hydrogen-bond acceptors (Lipinski definition) is 7. The average molecular weight is 474 g/mol. The fourth-order valence-electron chi connectivity index (χ4n) is 3.68. The van der Waals surface area contributed by atoms with E-state index in [1.54, 1.807) is 32.3 Å². The second-order valence-electron chi connectivity index (χ2n) is 8.48. The van der Waals surface area contributed by atoms with Crippen LogP contribution in [0.3, 0.4) is 0 Å². The molecule has 10 heteroatoms. The number of nitro groups is 1. The number of aliphatic carboxylic acids is 1. The summed E-state index contributed by atoms with van der Waals surface area (Å²) in [4.78, 5) is 25.5. The zero-order chi connectivity index (χ0) is 24.7. The van der Waals surface area contributed by atoms with E-state index in [0.29, 0.717) is 19.4 Å². The van der Waals surface area contributed by atoms with Crippen LogP contribution in [0, 0.1) is 21.8 Å². The van der Waals surface area contributed by atoms with Crippen molar-refractivity contribution in [3.63, 3.8) is 0 Å². The number of carboxylic acids is 1. The molecule has 3 unspecified atom stereocenters. The number of pyridine rings is 1. The minimum Gasteiger partial charge on any atom is -0.481 e. The number of halogens is 1. The summed E-state index contributed by atoms with van der Waals surface area (Å²) < 4.78 is 31.7. The first-order chi connectivity index (χ1) is 16.2. The maximum absolute atomic E-state index is 13.5. The van der Waals surface area contributed by atoms with Crippen LogP contribution in [0.15, 0.2) is 54.9 Å². The third-order valence-electron chi connectivity index (χ3n) is 5.36. The lowest BCUT2D eigenvalue weighted by molar-refractivity contribution is -0.387. The molecule has 34 heavy (non-hydrogen) atoms. The molecule has 1 aliphatic heterocycles. The predicted octanol–water partition coefficient (Wildman–Crippen LogP) is 4.83. The van der Waals surface area contributed by atoms with E-state index in [0.717, 1.165) is 17.7 Å². The van der Waals surface area contributed by atoms with Gasteiger partial charge in [-0.1, -0.05) is 18.2 Å². The largest absolute Gasteiger partial charge is 0.481 e. The number of carboxylic acid groups (broad SMARTS) is 1. The number of nitrogens with zero attached hydrogens (tertiary/aromatic N) is 2. The van der Waals surface area contributed by atoms with Gasteiger partial charge in [0, 0.05) is 24.7 Å². The third kappa shape index (κ3) is 6.58. The molecule has 1 saturated heterocycles. The number of allylic oxidation sites excluding steroid dienone is 2. The first-order valence-electron chi connectivity index (χ1n) is 10.8. The Morgan fingerprint density at radius 2 is 2.18 bits per heavy atom. The molecule has 1 fully saturated rings. The molecule has 0 bridgehead atoms. The highest BCUT2D eigenvalue weighted by molar-refractivity contribution is 5.66. The number of nitro benzene ring substituents is 1. The predicted molar refractivity (Wildman–Crippen MR) is 120 cm³/mol. The SMILES string of the molecule is CC(C)(Oc1ccc(F)cc1[N+](=O)[O-])C1OCC(C/C=C\CCC(=O)O)C(c2cccnc2)O1. The van der Waals surface area contributed by atoms with Crippen molar-refractivity contribution < 1.29 is 33.4 Å². The topological polar surface area (TPSA) is 121 Å². The van der Waals surface area contributed by atoms with Gasteiger partial charge in [-0.15, -0.1) is 0 Å². The number of aromatic nitrogens is 1. The van der Waals surface area contributed by atoms with Gasteiger partial charge in [-0.25, -0.2) is 4.39 Å². The molecule has 0 radical (unpaired) electrons. The first-order valence-corrected chi connectivity index (χ1v) is 10.8. The lowest BCUT2D eigenvalue weighted by Gasteiger charge is -2.42. The van der Waals surface area contributed by atoms with Gasteiger partial charge in [0.25, 0.3) is 0 Å². The summed E-state index contributed by atoms with van der Waals surface area (Å²) in [5.41, 5.74) is -0.800.